The summed E-state index contributed by atoms with van der Waals surface area (Å²) in [6.45, 7) is 0. The van der Waals surface area contributed by atoms with Crippen molar-refractivity contribution >= 4 is 28.6 Å². The third-order valence-electron chi connectivity index (χ3n) is 2.39. The van der Waals surface area contributed by atoms with E-state index < -0.39 is 0 Å². The molecule has 0 bridgehead atoms. The van der Waals surface area contributed by atoms with Crippen molar-refractivity contribution in [1.82, 2.24) is 0 Å². The van der Waals surface area contributed by atoms with Gasteiger partial charge in [-0.05, 0) is 54.3 Å². The zero-order chi connectivity index (χ0) is 9.97. The summed E-state index contributed by atoms with van der Waals surface area (Å²) >= 11 is 7.27. The lowest BCUT2D eigenvalue weighted by Gasteiger charge is -2.05. The molecule has 0 fully saturated rings. The number of thioether (sulfide) groups is 1. The first-order valence-electron chi connectivity index (χ1n) is 4.73. The Labute approximate surface area is 92.8 Å². The third kappa shape index (κ3) is 2.12. The van der Waals surface area contributed by atoms with Crippen LogP contribution in [0.4, 0.5) is 0 Å². The van der Waals surface area contributed by atoms with Crippen molar-refractivity contribution in [1.29, 1.82) is 0 Å². The average molecular weight is 227 g/mol. The Balaban J connectivity index is 2.37. The normalized spacial score (nSPS) is 15.8. The van der Waals surface area contributed by atoms with Crippen LogP contribution in [0.2, 0.25) is 0 Å². The number of carbonyl (C=O) groups excluding carboxylic acids is 1. The van der Waals surface area contributed by atoms with E-state index in [1.165, 1.54) is 23.3 Å². The monoisotopic (exact) mass is 226 g/mol. The molecular weight excluding hydrogens is 216 g/mol. The smallest absolute Gasteiger partial charge is 0.252 e. The fourth-order valence-corrected chi connectivity index (χ4v) is 2.87. The van der Waals surface area contributed by atoms with Crippen molar-refractivity contribution in [2.45, 2.75) is 24.2 Å². The highest BCUT2D eigenvalue weighted by atomic mass is 35.5. The molecule has 2 rings (SSSR count). The molecule has 0 atom stereocenters. The minimum atomic E-state index is -0.363. The molecule has 0 saturated heterocycles. The number of halogens is 1. The molecule has 0 saturated carbocycles. The van der Waals surface area contributed by atoms with Crippen LogP contribution in [0.3, 0.4) is 0 Å². The van der Waals surface area contributed by atoms with E-state index in [0.717, 1.165) is 12.2 Å². The number of rotatable bonds is 1. The molecule has 3 heteroatoms. The highest BCUT2D eigenvalue weighted by Gasteiger charge is 2.10. The van der Waals surface area contributed by atoms with Crippen molar-refractivity contribution in [2.75, 3.05) is 5.75 Å². The van der Waals surface area contributed by atoms with E-state index in [1.807, 2.05) is 30.0 Å². The summed E-state index contributed by atoms with van der Waals surface area (Å²) in [4.78, 5) is 12.2. The lowest BCUT2D eigenvalue weighted by atomic mass is 10.1. The lowest BCUT2D eigenvalue weighted by molar-refractivity contribution is 0.108. The second-order valence-corrected chi connectivity index (χ2v) is 4.88. The van der Waals surface area contributed by atoms with Crippen LogP contribution in [0.25, 0.3) is 0 Å². The molecule has 14 heavy (non-hydrogen) atoms. The van der Waals surface area contributed by atoms with Crippen LogP contribution < -0.4 is 0 Å². The molecule has 0 N–H and O–H groups in total. The number of aryl methyl sites for hydroxylation is 1. The number of carbonyl (C=O) groups is 1. The van der Waals surface area contributed by atoms with Gasteiger partial charge < -0.3 is 0 Å². The van der Waals surface area contributed by atoms with E-state index in [4.69, 9.17) is 11.6 Å². The van der Waals surface area contributed by atoms with Crippen LogP contribution in [-0.4, -0.2) is 11.0 Å². The first kappa shape index (κ1) is 10.1. The molecule has 1 aromatic rings. The molecule has 0 spiro atoms. The van der Waals surface area contributed by atoms with Crippen molar-refractivity contribution in [3.63, 3.8) is 0 Å². The van der Waals surface area contributed by atoms with E-state index in [0.29, 0.717) is 5.56 Å². The number of benzene rings is 1. The van der Waals surface area contributed by atoms with Crippen LogP contribution in [-0.2, 0) is 6.42 Å². The van der Waals surface area contributed by atoms with E-state index in [2.05, 4.69) is 0 Å². The van der Waals surface area contributed by atoms with Gasteiger partial charge in [-0.3, -0.25) is 4.79 Å². The predicted molar refractivity (Wildman–Crippen MR) is 60.3 cm³/mol. The largest absolute Gasteiger partial charge is 0.276 e. The summed E-state index contributed by atoms with van der Waals surface area (Å²) < 4.78 is 0. The third-order valence-corrected chi connectivity index (χ3v) is 3.79. The van der Waals surface area contributed by atoms with Crippen molar-refractivity contribution in [2.24, 2.45) is 0 Å². The van der Waals surface area contributed by atoms with Gasteiger partial charge in [0.15, 0.2) is 0 Å². The van der Waals surface area contributed by atoms with E-state index in [1.54, 1.807) is 0 Å². The van der Waals surface area contributed by atoms with Crippen molar-refractivity contribution in [3.8, 4) is 0 Å². The predicted octanol–water partition coefficient (Wildman–Crippen LogP) is 3.49. The Bertz CT molecular complexity index is 362. The van der Waals surface area contributed by atoms with Crippen LogP contribution >= 0.6 is 23.4 Å². The van der Waals surface area contributed by atoms with Gasteiger partial charge in [0.1, 0.15) is 0 Å². The molecule has 1 heterocycles. The molecule has 0 amide bonds. The molecule has 1 aliphatic heterocycles. The maximum absolute atomic E-state index is 11.0. The summed E-state index contributed by atoms with van der Waals surface area (Å²) in [5.74, 6) is 1.15. The average Bonchev–Trinajstić information content (AvgIpc) is 2.41. The van der Waals surface area contributed by atoms with E-state index in [-0.39, 0.29) is 5.24 Å². The Morgan fingerprint density at radius 2 is 2.21 bits per heavy atom. The fraction of sp³-hybridized carbons (Fsp3) is 0.364. The van der Waals surface area contributed by atoms with E-state index >= 15 is 0 Å². The minimum absolute atomic E-state index is 0.363. The SMILES string of the molecule is O=C(Cl)c1ccc2c(c1)SCCCC2. The van der Waals surface area contributed by atoms with Gasteiger partial charge in [0.25, 0.3) is 5.24 Å². The summed E-state index contributed by atoms with van der Waals surface area (Å²) in [6.07, 6.45) is 3.62. The second kappa shape index (κ2) is 4.37. The lowest BCUT2D eigenvalue weighted by Crippen LogP contribution is -1.92. The highest BCUT2D eigenvalue weighted by Crippen LogP contribution is 2.30. The number of hydrogen-bond donors (Lipinski definition) is 0. The van der Waals surface area contributed by atoms with Crippen LogP contribution in [0.1, 0.15) is 28.8 Å². The quantitative estimate of drug-likeness (QED) is 0.682. The van der Waals surface area contributed by atoms with Gasteiger partial charge in [0, 0.05) is 10.5 Å². The van der Waals surface area contributed by atoms with Gasteiger partial charge in [-0.2, -0.15) is 0 Å². The molecule has 74 valence electrons. The van der Waals surface area contributed by atoms with Crippen LogP contribution in [0.5, 0.6) is 0 Å². The first-order valence-corrected chi connectivity index (χ1v) is 6.09. The van der Waals surface area contributed by atoms with Crippen molar-refractivity contribution < 1.29 is 4.79 Å². The van der Waals surface area contributed by atoms with Crippen LogP contribution in [0.15, 0.2) is 23.1 Å². The fourth-order valence-electron chi connectivity index (χ4n) is 1.62. The maximum atomic E-state index is 11.0. The number of fused-ring (bicyclic) bond motifs is 1. The molecule has 0 aromatic heterocycles. The van der Waals surface area contributed by atoms with Gasteiger partial charge in [0.2, 0.25) is 0 Å². The van der Waals surface area contributed by atoms with Gasteiger partial charge in [-0.15, -0.1) is 11.8 Å². The molecule has 0 unspecified atom stereocenters. The van der Waals surface area contributed by atoms with E-state index in [9.17, 15) is 4.79 Å². The topological polar surface area (TPSA) is 17.1 Å². The zero-order valence-electron chi connectivity index (χ0n) is 7.75. The standard InChI is InChI=1S/C11H11ClOS/c12-11(13)9-5-4-8-3-1-2-6-14-10(8)7-9/h4-5,7H,1-3,6H2. The van der Waals surface area contributed by atoms with Gasteiger partial charge in [-0.25, -0.2) is 0 Å². The summed E-state index contributed by atoms with van der Waals surface area (Å²) in [5.41, 5.74) is 1.97. The Kier molecular flexibility index (Phi) is 3.14. The summed E-state index contributed by atoms with van der Waals surface area (Å²) in [5, 5.41) is -0.363. The van der Waals surface area contributed by atoms with Crippen molar-refractivity contribution in [3.05, 3.63) is 29.3 Å². The molecule has 1 nitrogen and oxygen atoms in total. The van der Waals surface area contributed by atoms with Crippen LogP contribution in [0, 0.1) is 0 Å². The van der Waals surface area contributed by atoms with Gasteiger partial charge in [-0.1, -0.05) is 6.07 Å². The Morgan fingerprint density at radius 1 is 1.36 bits per heavy atom. The summed E-state index contributed by atoms with van der Waals surface area (Å²) in [6, 6.07) is 5.77. The molecule has 1 aromatic carbocycles. The first-order chi connectivity index (χ1) is 6.77. The highest BCUT2D eigenvalue weighted by molar-refractivity contribution is 7.99. The molecule has 0 aliphatic carbocycles. The van der Waals surface area contributed by atoms with Gasteiger partial charge in [0.05, 0.1) is 0 Å². The second-order valence-electron chi connectivity index (χ2n) is 3.40. The summed E-state index contributed by atoms with van der Waals surface area (Å²) in [7, 11) is 0. The Hall–Kier alpha value is -0.470. The minimum Gasteiger partial charge on any atom is -0.276 e. The molecular formula is C11H11ClOS. The Morgan fingerprint density at radius 3 is 3.00 bits per heavy atom. The molecule has 0 radical (unpaired) electrons. The zero-order valence-corrected chi connectivity index (χ0v) is 9.33. The molecule has 1 aliphatic rings. The van der Waals surface area contributed by atoms with Gasteiger partial charge >= 0.3 is 0 Å². The number of hydrogen-bond acceptors (Lipinski definition) is 2. The maximum Gasteiger partial charge on any atom is 0.252 e.